The fourth-order valence-corrected chi connectivity index (χ4v) is 1.02. The number of hydrogen-bond donors (Lipinski definition) is 0. The van der Waals surface area contributed by atoms with Crippen molar-refractivity contribution in [2.75, 3.05) is 7.11 Å². The highest BCUT2D eigenvalue weighted by molar-refractivity contribution is 4.85. The molecular weight excluding hydrogens is 146 g/mol. The van der Waals surface area contributed by atoms with Crippen LogP contribution in [0, 0.1) is 5.21 Å². The monoisotopic (exact) mass is 159 g/mol. The Kier molecular flexibility index (Phi) is 1.75. The molecule has 0 aliphatic carbocycles. The summed E-state index contributed by atoms with van der Waals surface area (Å²) in [5, 5.41) is 16.0. The summed E-state index contributed by atoms with van der Waals surface area (Å²) in [6.07, 6.45) is 0. The van der Waals surface area contributed by atoms with Crippen molar-refractivity contribution in [2.45, 2.75) is 32.4 Å². The lowest BCUT2D eigenvalue weighted by Gasteiger charge is -2.25. The van der Waals surface area contributed by atoms with E-state index in [0.29, 0.717) is 4.97 Å². The van der Waals surface area contributed by atoms with Crippen LogP contribution in [0.25, 0.3) is 0 Å². The van der Waals surface area contributed by atoms with Crippen molar-refractivity contribution in [3.8, 4) is 0 Å². The number of nitrogens with zero attached hydrogens (tertiary/aromatic N) is 3. The van der Waals surface area contributed by atoms with Gasteiger partial charge in [0.25, 0.3) is 0 Å². The SMILES string of the molecule is CON1[N+]([O-])=NC(C)C1(C)C. The molecule has 0 spiro atoms. The molecule has 0 radical (unpaired) electrons. The largest absolute Gasteiger partial charge is 0.570 e. The molecule has 1 heterocycles. The van der Waals surface area contributed by atoms with Crippen molar-refractivity contribution < 1.29 is 9.81 Å². The van der Waals surface area contributed by atoms with Gasteiger partial charge in [-0.15, -0.1) is 0 Å². The molecule has 5 nitrogen and oxygen atoms in total. The maximum atomic E-state index is 11.0. The summed E-state index contributed by atoms with van der Waals surface area (Å²) in [4.78, 5) is 5.35. The second-order valence-electron chi connectivity index (χ2n) is 3.15. The fourth-order valence-electron chi connectivity index (χ4n) is 1.02. The van der Waals surface area contributed by atoms with Gasteiger partial charge in [-0.1, -0.05) is 0 Å². The molecule has 0 aromatic rings. The molecule has 0 saturated carbocycles. The van der Waals surface area contributed by atoms with Gasteiger partial charge in [0, 0.05) is 5.11 Å². The predicted molar refractivity (Wildman–Crippen MR) is 38.4 cm³/mol. The average Bonchev–Trinajstić information content (AvgIpc) is 2.04. The maximum Gasteiger partial charge on any atom is 0.151 e. The number of hydroxylamine groups is 1. The van der Waals surface area contributed by atoms with E-state index in [4.69, 9.17) is 4.84 Å². The van der Waals surface area contributed by atoms with Crippen LogP contribution in [-0.2, 0) is 4.84 Å². The molecule has 0 aromatic carbocycles. The molecule has 64 valence electrons. The second kappa shape index (κ2) is 2.34. The number of hydrazine groups is 1. The molecule has 1 rings (SSSR count). The van der Waals surface area contributed by atoms with Crippen LogP contribution in [0.4, 0.5) is 0 Å². The Morgan fingerprint density at radius 1 is 1.64 bits per heavy atom. The van der Waals surface area contributed by atoms with Gasteiger partial charge in [-0.2, -0.15) is 0 Å². The van der Waals surface area contributed by atoms with E-state index in [0.717, 1.165) is 0 Å². The predicted octanol–water partition coefficient (Wildman–Crippen LogP) is 0.908. The normalized spacial score (nSPS) is 28.9. The summed E-state index contributed by atoms with van der Waals surface area (Å²) in [5.41, 5.74) is -0.351. The van der Waals surface area contributed by atoms with Crippen LogP contribution in [0.3, 0.4) is 0 Å². The Balaban J connectivity index is 2.86. The lowest BCUT2D eigenvalue weighted by atomic mass is 9.98. The van der Waals surface area contributed by atoms with E-state index < -0.39 is 0 Å². The van der Waals surface area contributed by atoms with E-state index in [1.165, 1.54) is 12.3 Å². The molecule has 0 fully saturated rings. The zero-order chi connectivity index (χ0) is 8.65. The highest BCUT2D eigenvalue weighted by Crippen LogP contribution is 2.27. The lowest BCUT2D eigenvalue weighted by Crippen LogP contribution is -2.46. The highest BCUT2D eigenvalue weighted by Gasteiger charge is 2.47. The van der Waals surface area contributed by atoms with Crippen LogP contribution in [-0.4, -0.2) is 28.8 Å². The van der Waals surface area contributed by atoms with Crippen molar-refractivity contribution in [2.24, 2.45) is 5.11 Å². The van der Waals surface area contributed by atoms with Crippen molar-refractivity contribution in [1.82, 2.24) is 5.17 Å². The van der Waals surface area contributed by atoms with Gasteiger partial charge >= 0.3 is 0 Å². The smallest absolute Gasteiger partial charge is 0.151 e. The van der Waals surface area contributed by atoms with E-state index in [2.05, 4.69) is 5.11 Å². The fraction of sp³-hybridized carbons (Fsp3) is 1.00. The Bertz CT molecular complexity index is 190. The lowest BCUT2D eigenvalue weighted by molar-refractivity contribution is -0.759. The van der Waals surface area contributed by atoms with Crippen molar-refractivity contribution in [3.63, 3.8) is 0 Å². The highest BCUT2D eigenvalue weighted by atomic mass is 16.8. The molecule has 11 heavy (non-hydrogen) atoms. The molecule has 0 N–H and O–H groups in total. The standard InChI is InChI=1S/C6H13N3O2/c1-5-6(2,3)8(11-4)9(10)7-5/h5H,1-4H3. The molecule has 1 aliphatic heterocycles. The zero-order valence-corrected chi connectivity index (χ0v) is 7.24. The van der Waals surface area contributed by atoms with E-state index in [-0.39, 0.29) is 11.6 Å². The zero-order valence-electron chi connectivity index (χ0n) is 7.24. The van der Waals surface area contributed by atoms with Crippen LogP contribution in [0.1, 0.15) is 20.8 Å². The van der Waals surface area contributed by atoms with Crippen LogP contribution >= 0.6 is 0 Å². The molecule has 0 aromatic heterocycles. The summed E-state index contributed by atoms with van der Waals surface area (Å²) in [5.74, 6) is 0. The first-order valence-electron chi connectivity index (χ1n) is 3.52. The summed E-state index contributed by atoms with van der Waals surface area (Å²) >= 11 is 0. The van der Waals surface area contributed by atoms with Crippen LogP contribution in [0.2, 0.25) is 0 Å². The summed E-state index contributed by atoms with van der Waals surface area (Å²) in [6, 6.07) is -0.0417. The van der Waals surface area contributed by atoms with Gasteiger partial charge in [0.2, 0.25) is 0 Å². The third-order valence-corrected chi connectivity index (χ3v) is 2.12. The molecule has 1 aliphatic rings. The Morgan fingerprint density at radius 3 is 2.36 bits per heavy atom. The van der Waals surface area contributed by atoms with E-state index in [1.807, 2.05) is 20.8 Å². The van der Waals surface area contributed by atoms with Crippen molar-refractivity contribution >= 4 is 0 Å². The second-order valence-corrected chi connectivity index (χ2v) is 3.15. The Hall–Kier alpha value is -0.840. The first kappa shape index (κ1) is 8.26. The van der Waals surface area contributed by atoms with Crippen LogP contribution in [0.15, 0.2) is 5.11 Å². The first-order chi connectivity index (χ1) is 5.00. The maximum absolute atomic E-state index is 11.0. The van der Waals surface area contributed by atoms with Gasteiger partial charge in [0.15, 0.2) is 5.54 Å². The van der Waals surface area contributed by atoms with Crippen molar-refractivity contribution in [3.05, 3.63) is 5.21 Å². The van der Waals surface area contributed by atoms with Gasteiger partial charge in [-0.05, 0) is 25.9 Å². The third-order valence-electron chi connectivity index (χ3n) is 2.12. The first-order valence-corrected chi connectivity index (χ1v) is 3.52. The van der Waals surface area contributed by atoms with Crippen LogP contribution < -0.4 is 0 Å². The van der Waals surface area contributed by atoms with Gasteiger partial charge in [-0.3, -0.25) is 0 Å². The minimum Gasteiger partial charge on any atom is -0.570 e. The van der Waals surface area contributed by atoms with Gasteiger partial charge < -0.3 is 5.21 Å². The Morgan fingerprint density at radius 2 is 2.18 bits per heavy atom. The molecule has 5 heteroatoms. The van der Waals surface area contributed by atoms with E-state index >= 15 is 0 Å². The average molecular weight is 159 g/mol. The molecule has 1 unspecified atom stereocenters. The number of hydrogen-bond acceptors (Lipinski definition) is 4. The Labute approximate surface area is 65.8 Å². The molecule has 0 saturated heterocycles. The van der Waals surface area contributed by atoms with Crippen LogP contribution in [0.5, 0.6) is 0 Å². The molecule has 0 bridgehead atoms. The van der Waals surface area contributed by atoms with Gasteiger partial charge in [-0.25, -0.2) is 4.84 Å². The van der Waals surface area contributed by atoms with Gasteiger partial charge in [0.05, 0.1) is 12.1 Å². The number of rotatable bonds is 1. The summed E-state index contributed by atoms with van der Waals surface area (Å²) in [7, 11) is 1.46. The topological polar surface area (TPSA) is 50.9 Å². The van der Waals surface area contributed by atoms with E-state index in [9.17, 15) is 5.21 Å². The molecule has 1 atom stereocenters. The summed E-state index contributed by atoms with van der Waals surface area (Å²) < 4.78 is 0. The van der Waals surface area contributed by atoms with Gasteiger partial charge in [0.1, 0.15) is 6.04 Å². The van der Waals surface area contributed by atoms with E-state index in [1.54, 1.807) is 0 Å². The minimum atomic E-state index is -0.351. The third kappa shape index (κ3) is 1.05. The summed E-state index contributed by atoms with van der Waals surface area (Å²) in [6.45, 7) is 5.69. The quantitative estimate of drug-likeness (QED) is 0.422. The molecule has 0 amide bonds. The molecular formula is C6H13N3O2. The van der Waals surface area contributed by atoms with Crippen molar-refractivity contribution in [1.29, 1.82) is 0 Å². The minimum absolute atomic E-state index is 0.0417.